The molecular formula is C31H62N2O3. The average Bonchev–Trinajstić information content (AvgIpc) is 2.85. The van der Waals surface area contributed by atoms with Crippen LogP contribution in [0.3, 0.4) is 0 Å². The van der Waals surface area contributed by atoms with Crippen LogP contribution in [0, 0.1) is 0 Å². The van der Waals surface area contributed by atoms with Gasteiger partial charge in [-0.25, -0.2) is 0 Å². The molecule has 0 atom stereocenters. The molecule has 0 aliphatic carbocycles. The molecule has 0 aromatic carbocycles. The van der Waals surface area contributed by atoms with Crippen molar-refractivity contribution in [3.63, 3.8) is 0 Å². The summed E-state index contributed by atoms with van der Waals surface area (Å²) in [5.74, 6) is -0.830. The first-order valence-corrected chi connectivity index (χ1v) is 15.4. The van der Waals surface area contributed by atoms with Crippen molar-refractivity contribution < 1.29 is 19.6 Å². The van der Waals surface area contributed by atoms with Crippen molar-refractivity contribution in [1.82, 2.24) is 5.32 Å². The fourth-order valence-electron chi connectivity index (χ4n) is 4.21. The maximum absolute atomic E-state index is 12.1. The van der Waals surface area contributed by atoms with Crippen LogP contribution >= 0.6 is 0 Å². The smallest absolute Gasteiger partial charge is 0.225 e. The minimum absolute atomic E-state index is 0.253. The molecule has 0 aromatic heterocycles. The van der Waals surface area contributed by atoms with Gasteiger partial charge in [0.15, 0.2) is 0 Å². The highest BCUT2D eigenvalue weighted by Crippen LogP contribution is 2.09. The van der Waals surface area contributed by atoms with E-state index in [1.165, 1.54) is 122 Å². The predicted molar refractivity (Wildman–Crippen MR) is 153 cm³/mol. The van der Waals surface area contributed by atoms with Crippen LogP contribution < -0.4 is 15.3 Å². The number of unbranched alkanes of at least 4 members (excludes halogenated alkanes) is 14. The zero-order chi connectivity index (χ0) is 27.1. The molecule has 0 spiro atoms. The van der Waals surface area contributed by atoms with E-state index in [0.717, 1.165) is 26.4 Å². The molecule has 1 amide bonds. The molecular weight excluding hydrogens is 448 g/mol. The van der Waals surface area contributed by atoms with Gasteiger partial charge in [-0.2, -0.15) is 0 Å². The maximum atomic E-state index is 12.1. The van der Waals surface area contributed by atoms with Crippen molar-refractivity contribution >= 4 is 11.9 Å². The highest BCUT2D eigenvalue weighted by atomic mass is 16.4. The molecule has 0 fully saturated rings. The summed E-state index contributed by atoms with van der Waals surface area (Å²) >= 11 is 0. The van der Waals surface area contributed by atoms with Crippen molar-refractivity contribution in [2.45, 2.75) is 150 Å². The molecule has 0 unspecified atom stereocenters. The van der Waals surface area contributed by atoms with E-state index in [1.807, 2.05) is 0 Å². The number of quaternary nitrogens is 1. The predicted octanol–water partition coefficient (Wildman–Crippen LogP) is 5.77. The third-order valence-corrected chi connectivity index (χ3v) is 6.48. The van der Waals surface area contributed by atoms with Gasteiger partial charge in [-0.3, -0.25) is 4.79 Å². The molecule has 36 heavy (non-hydrogen) atoms. The third-order valence-electron chi connectivity index (χ3n) is 6.48. The summed E-state index contributed by atoms with van der Waals surface area (Å²) in [7, 11) is 0. The maximum Gasteiger partial charge on any atom is 0.225 e. The molecule has 0 aliphatic rings. The number of carbonyl (C=O) groups is 2. The van der Waals surface area contributed by atoms with Gasteiger partial charge < -0.3 is 20.1 Å². The first kappa shape index (κ1) is 36.8. The fourth-order valence-corrected chi connectivity index (χ4v) is 4.21. The van der Waals surface area contributed by atoms with Crippen molar-refractivity contribution in [2.24, 2.45) is 0 Å². The van der Waals surface area contributed by atoms with Crippen LogP contribution in [-0.2, 0) is 9.59 Å². The highest BCUT2D eigenvalue weighted by molar-refractivity contribution is 5.75. The Kier molecular flexibility index (Phi) is 32.4. The van der Waals surface area contributed by atoms with Crippen LogP contribution in [0.15, 0.2) is 12.2 Å². The van der Waals surface area contributed by atoms with Crippen LogP contribution in [0.1, 0.15) is 150 Å². The Balaban J connectivity index is 0. The lowest BCUT2D eigenvalue weighted by molar-refractivity contribution is -0.900. The summed E-state index contributed by atoms with van der Waals surface area (Å²) in [5, 5.41) is 12.0. The van der Waals surface area contributed by atoms with Crippen LogP contribution in [-0.4, -0.2) is 38.1 Å². The lowest BCUT2D eigenvalue weighted by Gasteiger charge is -2.18. The summed E-state index contributed by atoms with van der Waals surface area (Å²) in [5.41, 5.74) is 0. The van der Waals surface area contributed by atoms with E-state index < -0.39 is 5.97 Å². The van der Waals surface area contributed by atoms with Gasteiger partial charge in [0.05, 0.1) is 26.1 Å². The minimum Gasteiger partial charge on any atom is -0.550 e. The highest BCUT2D eigenvalue weighted by Gasteiger charge is 2.10. The third kappa shape index (κ3) is 34.8. The SMILES string of the molecule is CC(=O)[O-].CCCCCCCC/C=C\CCCCCCCCNC(=O)CC[NH+](CCCC)CCCC. The van der Waals surface area contributed by atoms with E-state index >= 15 is 0 Å². The van der Waals surface area contributed by atoms with Crippen LogP contribution in [0.2, 0.25) is 0 Å². The molecule has 0 saturated carbocycles. The monoisotopic (exact) mass is 510 g/mol. The Morgan fingerprint density at radius 3 is 1.53 bits per heavy atom. The molecule has 0 aliphatic heterocycles. The number of hydrogen-bond acceptors (Lipinski definition) is 3. The topological polar surface area (TPSA) is 73.7 Å². The molecule has 0 heterocycles. The summed E-state index contributed by atoms with van der Waals surface area (Å²) in [4.78, 5) is 22.6. The Bertz CT molecular complexity index is 482. The minimum atomic E-state index is -1.08. The first-order chi connectivity index (χ1) is 17.5. The molecule has 0 rings (SSSR count). The van der Waals surface area contributed by atoms with Gasteiger partial charge in [0, 0.05) is 12.5 Å². The number of carbonyl (C=O) groups excluding carboxylic acids is 2. The second-order valence-electron chi connectivity index (χ2n) is 10.2. The van der Waals surface area contributed by atoms with Gasteiger partial charge in [-0.05, 0) is 51.9 Å². The number of carboxylic acids is 1. The lowest BCUT2D eigenvalue weighted by atomic mass is 10.1. The second-order valence-corrected chi connectivity index (χ2v) is 10.2. The van der Waals surface area contributed by atoms with Gasteiger partial charge in [0.2, 0.25) is 5.91 Å². The quantitative estimate of drug-likeness (QED) is 0.121. The fraction of sp³-hybridized carbons (Fsp3) is 0.871. The molecule has 0 saturated heterocycles. The summed E-state index contributed by atoms with van der Waals surface area (Å²) in [6, 6.07) is 0. The van der Waals surface area contributed by atoms with Crippen LogP contribution in [0.4, 0.5) is 0 Å². The normalized spacial score (nSPS) is 11.0. The summed E-state index contributed by atoms with van der Waals surface area (Å²) in [6.07, 6.45) is 29.1. The first-order valence-electron chi connectivity index (χ1n) is 15.4. The van der Waals surface area contributed by atoms with Gasteiger partial charge in [-0.1, -0.05) is 104 Å². The number of amides is 1. The Labute approximate surface area is 224 Å². The van der Waals surface area contributed by atoms with E-state index in [9.17, 15) is 4.79 Å². The van der Waals surface area contributed by atoms with Crippen molar-refractivity contribution in [1.29, 1.82) is 0 Å². The van der Waals surface area contributed by atoms with Gasteiger partial charge in [-0.15, -0.1) is 0 Å². The molecule has 214 valence electrons. The molecule has 2 N–H and O–H groups in total. The summed E-state index contributed by atoms with van der Waals surface area (Å²) in [6.45, 7) is 12.1. The van der Waals surface area contributed by atoms with Gasteiger partial charge in [0.25, 0.3) is 0 Å². The van der Waals surface area contributed by atoms with Crippen molar-refractivity contribution in [3.8, 4) is 0 Å². The molecule has 0 radical (unpaired) electrons. The largest absolute Gasteiger partial charge is 0.550 e. The van der Waals surface area contributed by atoms with E-state index in [0.29, 0.717) is 6.42 Å². The number of carboxylic acid groups (broad SMARTS) is 1. The molecule has 5 heteroatoms. The number of allylic oxidation sites excluding steroid dienone is 2. The average molecular weight is 511 g/mol. The van der Waals surface area contributed by atoms with E-state index in [1.54, 1.807) is 4.90 Å². The lowest BCUT2D eigenvalue weighted by Crippen LogP contribution is -3.12. The van der Waals surface area contributed by atoms with Gasteiger partial charge in [0.1, 0.15) is 0 Å². The zero-order valence-electron chi connectivity index (χ0n) is 24.6. The van der Waals surface area contributed by atoms with Crippen LogP contribution in [0.5, 0.6) is 0 Å². The van der Waals surface area contributed by atoms with Gasteiger partial charge >= 0.3 is 0 Å². The number of rotatable bonds is 25. The van der Waals surface area contributed by atoms with E-state index in [2.05, 4.69) is 38.2 Å². The Morgan fingerprint density at radius 2 is 1.06 bits per heavy atom. The molecule has 0 bridgehead atoms. The van der Waals surface area contributed by atoms with Crippen molar-refractivity contribution in [3.05, 3.63) is 12.2 Å². The van der Waals surface area contributed by atoms with Crippen molar-refractivity contribution in [2.75, 3.05) is 26.2 Å². The molecule has 0 aromatic rings. The Morgan fingerprint density at radius 1 is 0.639 bits per heavy atom. The van der Waals surface area contributed by atoms with Crippen LogP contribution in [0.25, 0.3) is 0 Å². The van der Waals surface area contributed by atoms with E-state index in [4.69, 9.17) is 9.90 Å². The summed E-state index contributed by atoms with van der Waals surface area (Å²) < 4.78 is 0. The Hall–Kier alpha value is -1.36. The number of hydrogen-bond donors (Lipinski definition) is 2. The number of aliphatic carboxylic acids is 1. The standard InChI is InChI=1S/C29H58N2O.C2H4O2/c1-4-7-10-11-12-13-14-15-16-17-18-19-20-21-22-23-25-30-29(32)24-28-31(26-8-5-2)27-9-6-3;1-2(3)4/h15-16H,4-14,17-28H2,1-3H3,(H,30,32);1H3,(H,3,4)/b16-15-;. The second kappa shape index (κ2) is 31.7. The number of nitrogens with one attached hydrogen (secondary N) is 2. The van der Waals surface area contributed by atoms with E-state index in [-0.39, 0.29) is 5.91 Å². The zero-order valence-corrected chi connectivity index (χ0v) is 24.6. The molecule has 5 nitrogen and oxygen atoms in total.